The molecule has 0 heterocycles. The van der Waals surface area contributed by atoms with E-state index in [9.17, 15) is 4.79 Å². The van der Waals surface area contributed by atoms with E-state index < -0.39 is 0 Å². The van der Waals surface area contributed by atoms with Gasteiger partial charge in [0.25, 0.3) is 0 Å². The third kappa shape index (κ3) is 5.48. The molecule has 0 saturated heterocycles. The molecule has 0 aliphatic rings. The van der Waals surface area contributed by atoms with E-state index in [1.165, 1.54) is 0 Å². The van der Waals surface area contributed by atoms with Gasteiger partial charge in [0.05, 0.1) is 12.6 Å². The highest BCUT2D eigenvalue weighted by Gasteiger charge is 2.17. The van der Waals surface area contributed by atoms with E-state index in [-0.39, 0.29) is 12.1 Å². The number of halogens is 1. The van der Waals surface area contributed by atoms with Crippen LogP contribution in [0.1, 0.15) is 36.6 Å². The molecule has 0 spiro atoms. The Kier molecular flexibility index (Phi) is 7.29. The number of hydrogen-bond acceptors (Lipinski definition) is 2. The van der Waals surface area contributed by atoms with E-state index in [1.54, 1.807) is 11.9 Å². The van der Waals surface area contributed by atoms with Gasteiger partial charge in [0.1, 0.15) is 0 Å². The SMILES string of the molecule is CCOCc1ccccc1CNC(=O)N(C)[C@@H](C)c1ccc(Cl)cc1. The molecular weight excluding hydrogens is 336 g/mol. The smallest absolute Gasteiger partial charge is 0.317 e. The van der Waals surface area contributed by atoms with Crippen molar-refractivity contribution < 1.29 is 9.53 Å². The fourth-order valence-corrected chi connectivity index (χ4v) is 2.65. The maximum absolute atomic E-state index is 12.5. The number of hydrogen-bond donors (Lipinski definition) is 1. The molecule has 1 atom stereocenters. The summed E-state index contributed by atoms with van der Waals surface area (Å²) < 4.78 is 5.49. The van der Waals surface area contributed by atoms with Crippen LogP contribution in [0.3, 0.4) is 0 Å². The third-order valence-electron chi connectivity index (χ3n) is 4.26. The molecule has 134 valence electrons. The van der Waals surface area contributed by atoms with Crippen LogP contribution in [-0.2, 0) is 17.9 Å². The van der Waals surface area contributed by atoms with Crippen LogP contribution in [0.2, 0.25) is 5.02 Å². The summed E-state index contributed by atoms with van der Waals surface area (Å²) >= 11 is 5.92. The Balaban J connectivity index is 1.96. The van der Waals surface area contributed by atoms with Crippen molar-refractivity contribution in [1.29, 1.82) is 0 Å². The van der Waals surface area contributed by atoms with Crippen molar-refractivity contribution in [3.05, 3.63) is 70.2 Å². The van der Waals surface area contributed by atoms with Crippen LogP contribution in [0.4, 0.5) is 4.79 Å². The van der Waals surface area contributed by atoms with Gasteiger partial charge in [-0.3, -0.25) is 0 Å². The highest BCUT2D eigenvalue weighted by molar-refractivity contribution is 6.30. The van der Waals surface area contributed by atoms with Crippen molar-refractivity contribution in [1.82, 2.24) is 10.2 Å². The standard InChI is InChI=1S/C20H25ClN2O2/c1-4-25-14-18-8-6-5-7-17(18)13-22-20(24)23(3)15(2)16-9-11-19(21)12-10-16/h5-12,15H,4,13-14H2,1-3H3,(H,22,24)/t15-/m0/s1. The van der Waals surface area contributed by atoms with Crippen molar-refractivity contribution in [3.8, 4) is 0 Å². The molecule has 2 amide bonds. The molecule has 0 fully saturated rings. The van der Waals surface area contributed by atoms with Crippen LogP contribution in [0.15, 0.2) is 48.5 Å². The summed E-state index contributed by atoms with van der Waals surface area (Å²) in [5, 5.41) is 3.67. The van der Waals surface area contributed by atoms with Crippen molar-refractivity contribution >= 4 is 17.6 Å². The first-order valence-corrected chi connectivity index (χ1v) is 8.81. The van der Waals surface area contributed by atoms with Gasteiger partial charge in [0, 0.05) is 25.2 Å². The molecule has 0 aliphatic heterocycles. The number of ether oxygens (including phenoxy) is 1. The number of amides is 2. The first-order valence-electron chi connectivity index (χ1n) is 8.43. The number of nitrogens with one attached hydrogen (secondary N) is 1. The number of nitrogens with zero attached hydrogens (tertiary/aromatic N) is 1. The van der Waals surface area contributed by atoms with Crippen molar-refractivity contribution in [2.75, 3.05) is 13.7 Å². The second-order valence-electron chi connectivity index (χ2n) is 5.90. The molecule has 0 unspecified atom stereocenters. The number of benzene rings is 2. The van der Waals surface area contributed by atoms with Gasteiger partial charge in [-0.15, -0.1) is 0 Å². The summed E-state index contributed by atoms with van der Waals surface area (Å²) in [5.74, 6) is 0. The van der Waals surface area contributed by atoms with Crippen LogP contribution in [0.25, 0.3) is 0 Å². The van der Waals surface area contributed by atoms with Gasteiger partial charge >= 0.3 is 6.03 Å². The van der Waals surface area contributed by atoms with Gasteiger partial charge < -0.3 is 15.0 Å². The molecule has 0 aromatic heterocycles. The second kappa shape index (κ2) is 9.44. The fourth-order valence-electron chi connectivity index (χ4n) is 2.52. The molecular formula is C20H25ClN2O2. The molecule has 0 radical (unpaired) electrons. The zero-order valence-corrected chi connectivity index (χ0v) is 15.7. The van der Waals surface area contributed by atoms with E-state index in [0.29, 0.717) is 24.8 Å². The van der Waals surface area contributed by atoms with E-state index in [2.05, 4.69) is 5.32 Å². The van der Waals surface area contributed by atoms with Crippen LogP contribution in [0.5, 0.6) is 0 Å². The minimum absolute atomic E-state index is 0.0454. The van der Waals surface area contributed by atoms with Gasteiger partial charge in [-0.05, 0) is 42.7 Å². The predicted molar refractivity (Wildman–Crippen MR) is 102 cm³/mol. The lowest BCUT2D eigenvalue weighted by molar-refractivity contribution is 0.133. The highest BCUT2D eigenvalue weighted by Crippen LogP contribution is 2.21. The van der Waals surface area contributed by atoms with Crippen LogP contribution in [0, 0.1) is 0 Å². The lowest BCUT2D eigenvalue weighted by atomic mass is 10.1. The molecule has 0 bridgehead atoms. The minimum atomic E-state index is -0.117. The topological polar surface area (TPSA) is 41.6 Å². The number of urea groups is 1. The average Bonchev–Trinajstić information content (AvgIpc) is 2.64. The predicted octanol–water partition coefficient (Wildman–Crippen LogP) is 4.78. The maximum Gasteiger partial charge on any atom is 0.317 e. The normalized spacial score (nSPS) is 11.8. The minimum Gasteiger partial charge on any atom is -0.377 e. The van der Waals surface area contributed by atoms with Crippen LogP contribution >= 0.6 is 11.6 Å². The Morgan fingerprint density at radius 2 is 1.80 bits per heavy atom. The molecule has 1 N–H and O–H groups in total. The second-order valence-corrected chi connectivity index (χ2v) is 6.34. The quantitative estimate of drug-likeness (QED) is 0.772. The number of carbonyl (C=O) groups is 1. The fraction of sp³-hybridized carbons (Fsp3) is 0.350. The van der Waals surface area contributed by atoms with E-state index in [4.69, 9.17) is 16.3 Å². The maximum atomic E-state index is 12.5. The van der Waals surface area contributed by atoms with Gasteiger partial charge in [-0.1, -0.05) is 48.0 Å². The highest BCUT2D eigenvalue weighted by atomic mass is 35.5. The van der Waals surface area contributed by atoms with Crippen molar-refractivity contribution in [2.45, 2.75) is 33.0 Å². The summed E-state index contributed by atoms with van der Waals surface area (Å²) in [6.07, 6.45) is 0. The summed E-state index contributed by atoms with van der Waals surface area (Å²) in [6.45, 7) is 5.66. The molecule has 5 heteroatoms. The Morgan fingerprint density at radius 3 is 2.44 bits per heavy atom. The van der Waals surface area contributed by atoms with Gasteiger partial charge in [-0.25, -0.2) is 4.79 Å². The first kappa shape index (κ1) is 19.3. The summed E-state index contributed by atoms with van der Waals surface area (Å²) in [4.78, 5) is 14.2. The van der Waals surface area contributed by atoms with Gasteiger partial charge in [0.2, 0.25) is 0 Å². The molecule has 2 aromatic rings. The Bertz CT molecular complexity index is 688. The van der Waals surface area contributed by atoms with E-state index in [0.717, 1.165) is 16.7 Å². The molecule has 2 rings (SSSR count). The largest absolute Gasteiger partial charge is 0.377 e. The van der Waals surface area contributed by atoms with Gasteiger partial charge in [-0.2, -0.15) is 0 Å². The summed E-state index contributed by atoms with van der Waals surface area (Å²) in [5.41, 5.74) is 3.20. The van der Waals surface area contributed by atoms with E-state index >= 15 is 0 Å². The molecule has 25 heavy (non-hydrogen) atoms. The summed E-state index contributed by atoms with van der Waals surface area (Å²) in [6, 6.07) is 15.4. The lowest BCUT2D eigenvalue weighted by Gasteiger charge is -2.26. The number of rotatable bonds is 7. The van der Waals surface area contributed by atoms with Crippen LogP contribution < -0.4 is 5.32 Å². The number of carbonyl (C=O) groups excluding carboxylic acids is 1. The lowest BCUT2D eigenvalue weighted by Crippen LogP contribution is -2.38. The van der Waals surface area contributed by atoms with Crippen molar-refractivity contribution in [3.63, 3.8) is 0 Å². The molecule has 4 nitrogen and oxygen atoms in total. The Hall–Kier alpha value is -2.04. The Labute approximate surface area is 154 Å². The zero-order valence-electron chi connectivity index (χ0n) is 15.0. The van der Waals surface area contributed by atoms with E-state index in [1.807, 2.05) is 62.4 Å². The monoisotopic (exact) mass is 360 g/mol. The molecule has 0 aliphatic carbocycles. The third-order valence-corrected chi connectivity index (χ3v) is 4.52. The first-order chi connectivity index (χ1) is 12.0. The van der Waals surface area contributed by atoms with Gasteiger partial charge in [0.15, 0.2) is 0 Å². The average molecular weight is 361 g/mol. The molecule has 2 aromatic carbocycles. The molecule has 0 saturated carbocycles. The summed E-state index contributed by atoms with van der Waals surface area (Å²) in [7, 11) is 1.79. The Morgan fingerprint density at radius 1 is 1.16 bits per heavy atom. The van der Waals surface area contributed by atoms with Crippen molar-refractivity contribution in [2.24, 2.45) is 0 Å². The van der Waals surface area contributed by atoms with Crippen LogP contribution in [-0.4, -0.2) is 24.6 Å². The zero-order chi connectivity index (χ0) is 18.2.